The van der Waals surface area contributed by atoms with Crippen LogP contribution in [0, 0.1) is 17.0 Å². The van der Waals surface area contributed by atoms with E-state index in [0.29, 0.717) is 26.6 Å². The number of halogens is 1. The van der Waals surface area contributed by atoms with Gasteiger partial charge in [-0.15, -0.1) is 11.3 Å². The Morgan fingerprint density at radius 2 is 2.03 bits per heavy atom. The number of carbonyl (C=O) groups is 1. The number of hydrogen-bond donors (Lipinski definition) is 1. The summed E-state index contributed by atoms with van der Waals surface area (Å²) in [5, 5.41) is 16.2. The number of hydrogen-bond acceptors (Lipinski definition) is 8. The number of thioether (sulfide) groups is 1. The Hall–Kier alpha value is -3.54. The first-order valence-corrected chi connectivity index (χ1v) is 14.0. The van der Waals surface area contributed by atoms with Crippen LogP contribution in [-0.4, -0.2) is 32.3 Å². The van der Waals surface area contributed by atoms with Crippen molar-refractivity contribution in [3.05, 3.63) is 89.5 Å². The summed E-state index contributed by atoms with van der Waals surface area (Å²) in [6, 6.07) is 11.6. The second-order valence-electron chi connectivity index (χ2n) is 8.81. The molecular formula is C26H22ClN5O4S2. The zero-order valence-electron chi connectivity index (χ0n) is 20.3. The zero-order valence-corrected chi connectivity index (χ0v) is 22.7. The van der Waals surface area contributed by atoms with E-state index in [0.717, 1.165) is 48.6 Å². The second kappa shape index (κ2) is 11.1. The molecule has 5 rings (SSSR count). The maximum atomic E-state index is 13.8. The maximum absolute atomic E-state index is 13.8. The van der Waals surface area contributed by atoms with Crippen molar-refractivity contribution >= 4 is 62.7 Å². The Bertz CT molecular complexity index is 1650. The van der Waals surface area contributed by atoms with Crippen LogP contribution in [0.5, 0.6) is 0 Å². The summed E-state index contributed by atoms with van der Waals surface area (Å²) >= 11 is 8.78. The Kier molecular flexibility index (Phi) is 7.59. The smallest absolute Gasteiger partial charge is 0.270 e. The molecule has 0 unspecified atom stereocenters. The fourth-order valence-corrected chi connectivity index (χ4v) is 6.56. The van der Waals surface area contributed by atoms with Gasteiger partial charge in [-0.3, -0.25) is 24.3 Å². The number of non-ortho nitro benzene ring substituents is 1. The highest BCUT2D eigenvalue weighted by molar-refractivity contribution is 7.99. The summed E-state index contributed by atoms with van der Waals surface area (Å²) in [5.41, 5.74) is 5.31. The van der Waals surface area contributed by atoms with E-state index in [1.54, 1.807) is 15.9 Å². The van der Waals surface area contributed by atoms with Crippen molar-refractivity contribution in [3.8, 4) is 5.69 Å². The van der Waals surface area contributed by atoms with Crippen LogP contribution >= 0.6 is 34.7 Å². The number of hydrazone groups is 1. The van der Waals surface area contributed by atoms with E-state index < -0.39 is 10.8 Å². The number of benzene rings is 2. The SMILES string of the molecule is Cc1ccc(-n2c(SCC(=O)NN=Cc3cc([N+](=O)[O-])ccc3Cl)nc3sc4c(c3c2=O)CCCC4)cc1. The number of thiophene rings is 1. The molecule has 2 aromatic heterocycles. The Morgan fingerprint density at radius 3 is 2.79 bits per heavy atom. The lowest BCUT2D eigenvalue weighted by Gasteiger charge is -2.13. The van der Waals surface area contributed by atoms with Crippen LogP contribution < -0.4 is 11.0 Å². The molecule has 1 aliphatic carbocycles. The first-order valence-electron chi connectivity index (χ1n) is 11.8. The third-order valence-corrected chi connectivity index (χ3v) is 8.63. The molecule has 9 nitrogen and oxygen atoms in total. The third kappa shape index (κ3) is 5.35. The monoisotopic (exact) mass is 567 g/mol. The fraction of sp³-hybridized carbons (Fsp3) is 0.231. The largest absolute Gasteiger partial charge is 0.272 e. The van der Waals surface area contributed by atoms with E-state index in [-0.39, 0.29) is 22.0 Å². The highest BCUT2D eigenvalue weighted by Gasteiger charge is 2.23. The molecule has 0 saturated carbocycles. The second-order valence-corrected chi connectivity index (χ2v) is 11.2. The van der Waals surface area contributed by atoms with Crippen molar-refractivity contribution < 1.29 is 9.72 Å². The number of nitrogens with zero attached hydrogens (tertiary/aromatic N) is 4. The Morgan fingerprint density at radius 1 is 1.26 bits per heavy atom. The van der Waals surface area contributed by atoms with E-state index in [4.69, 9.17) is 16.6 Å². The summed E-state index contributed by atoms with van der Waals surface area (Å²) in [7, 11) is 0. The normalized spacial score (nSPS) is 13.1. The van der Waals surface area contributed by atoms with Gasteiger partial charge in [-0.25, -0.2) is 10.4 Å². The van der Waals surface area contributed by atoms with E-state index in [1.165, 1.54) is 29.3 Å². The van der Waals surface area contributed by atoms with E-state index in [1.807, 2.05) is 31.2 Å². The standard InChI is InChI=1S/C26H22ClN5O4S2/c1-15-6-8-17(9-7-15)31-25(34)23-19-4-2-3-5-21(19)38-24(23)29-26(31)37-14-22(33)30-28-13-16-12-18(32(35)36)10-11-20(16)27/h6-13H,2-5,14H2,1H3,(H,30,33). The van der Waals surface area contributed by atoms with Crippen molar-refractivity contribution in [2.24, 2.45) is 5.10 Å². The van der Waals surface area contributed by atoms with E-state index in [2.05, 4.69) is 10.5 Å². The molecule has 2 heterocycles. The number of nitro groups is 1. The lowest BCUT2D eigenvalue weighted by Crippen LogP contribution is -2.24. The molecule has 1 aliphatic rings. The average Bonchev–Trinajstić information content (AvgIpc) is 3.28. The molecule has 1 amide bonds. The molecule has 12 heteroatoms. The van der Waals surface area contributed by atoms with Gasteiger partial charge in [0.1, 0.15) is 4.83 Å². The molecule has 194 valence electrons. The first kappa shape index (κ1) is 26.1. The van der Waals surface area contributed by atoms with Crippen LogP contribution in [-0.2, 0) is 17.6 Å². The number of rotatable bonds is 7. The minimum absolute atomic E-state index is 0.0467. The van der Waals surface area contributed by atoms with Crippen LogP contribution in [0.1, 0.15) is 34.4 Å². The van der Waals surface area contributed by atoms with Crippen molar-refractivity contribution in [1.82, 2.24) is 15.0 Å². The molecule has 0 fully saturated rings. The van der Waals surface area contributed by atoms with Crippen LogP contribution in [0.3, 0.4) is 0 Å². The quantitative estimate of drug-likeness (QED) is 0.104. The minimum atomic E-state index is -0.537. The fourth-order valence-electron chi connectivity index (χ4n) is 4.28. The lowest BCUT2D eigenvalue weighted by molar-refractivity contribution is -0.384. The molecule has 0 atom stereocenters. The average molecular weight is 568 g/mol. The highest BCUT2D eigenvalue weighted by atomic mass is 35.5. The summed E-state index contributed by atoms with van der Waals surface area (Å²) < 4.78 is 1.58. The molecule has 0 saturated heterocycles. The number of nitrogens with one attached hydrogen (secondary N) is 1. The van der Waals surface area contributed by atoms with Gasteiger partial charge in [-0.1, -0.05) is 41.1 Å². The first-order chi connectivity index (χ1) is 18.3. The highest BCUT2D eigenvalue weighted by Crippen LogP contribution is 2.35. The van der Waals surface area contributed by atoms with E-state index >= 15 is 0 Å². The van der Waals surface area contributed by atoms with Crippen molar-refractivity contribution in [1.29, 1.82) is 0 Å². The molecule has 2 aromatic carbocycles. The molecule has 0 bridgehead atoms. The molecule has 0 radical (unpaired) electrons. The third-order valence-electron chi connectivity index (χ3n) is 6.17. The molecule has 0 spiro atoms. The number of amides is 1. The molecular weight excluding hydrogens is 546 g/mol. The van der Waals surface area contributed by atoms with Crippen molar-refractivity contribution in [2.75, 3.05) is 5.75 Å². The van der Waals surface area contributed by atoms with Crippen molar-refractivity contribution in [2.45, 2.75) is 37.8 Å². The molecule has 38 heavy (non-hydrogen) atoms. The van der Waals surface area contributed by atoms with Crippen LogP contribution in [0.2, 0.25) is 5.02 Å². The van der Waals surface area contributed by atoms with Gasteiger partial charge in [0.2, 0.25) is 0 Å². The zero-order chi connectivity index (χ0) is 26.8. The minimum Gasteiger partial charge on any atom is -0.272 e. The molecule has 1 N–H and O–H groups in total. The molecule has 4 aromatic rings. The van der Waals surface area contributed by atoms with Gasteiger partial charge in [0.05, 0.1) is 28.0 Å². The Balaban J connectivity index is 1.40. The van der Waals surface area contributed by atoms with Gasteiger partial charge in [-0.05, 0) is 56.4 Å². The van der Waals surface area contributed by atoms with E-state index in [9.17, 15) is 19.7 Å². The summed E-state index contributed by atoms with van der Waals surface area (Å²) in [4.78, 5) is 43.5. The van der Waals surface area contributed by atoms with Crippen LogP contribution in [0.4, 0.5) is 5.69 Å². The van der Waals surface area contributed by atoms with Gasteiger partial charge in [0, 0.05) is 27.6 Å². The van der Waals surface area contributed by atoms with Gasteiger partial charge in [0.25, 0.3) is 17.2 Å². The summed E-state index contributed by atoms with van der Waals surface area (Å²) in [6.07, 6.45) is 5.25. The number of fused-ring (bicyclic) bond motifs is 3. The Labute approximate surface area is 230 Å². The maximum Gasteiger partial charge on any atom is 0.270 e. The summed E-state index contributed by atoms with van der Waals surface area (Å²) in [5.74, 6) is -0.474. The number of aromatic nitrogens is 2. The van der Waals surface area contributed by atoms with Gasteiger partial charge in [0.15, 0.2) is 5.16 Å². The number of nitro benzene ring substituents is 1. The predicted octanol–water partition coefficient (Wildman–Crippen LogP) is 5.44. The van der Waals surface area contributed by atoms with Gasteiger partial charge in [-0.2, -0.15) is 5.10 Å². The topological polar surface area (TPSA) is 119 Å². The van der Waals surface area contributed by atoms with Gasteiger partial charge >= 0.3 is 0 Å². The lowest BCUT2D eigenvalue weighted by atomic mass is 9.97. The predicted molar refractivity (Wildman–Crippen MR) is 151 cm³/mol. The molecule has 0 aliphatic heterocycles. The van der Waals surface area contributed by atoms with Crippen LogP contribution in [0.15, 0.2) is 57.5 Å². The van der Waals surface area contributed by atoms with Crippen LogP contribution in [0.25, 0.3) is 15.9 Å². The number of aryl methyl sites for hydroxylation is 3. The van der Waals surface area contributed by atoms with Crippen molar-refractivity contribution in [3.63, 3.8) is 0 Å². The summed E-state index contributed by atoms with van der Waals surface area (Å²) in [6.45, 7) is 1.98. The van der Waals surface area contributed by atoms with Gasteiger partial charge < -0.3 is 0 Å². The number of carbonyl (C=O) groups excluding carboxylic acids is 1.